The Kier molecular flexibility index (Phi) is 2.41. The molecule has 0 amide bonds. The van der Waals surface area contributed by atoms with Gasteiger partial charge in [0.05, 0.1) is 0 Å². The van der Waals surface area contributed by atoms with Gasteiger partial charge in [0.25, 0.3) is 0 Å². The average Bonchev–Trinajstić information content (AvgIpc) is 2.18. The first-order valence-electron chi connectivity index (χ1n) is 4.00. The fraction of sp³-hybridized carbons (Fsp3) is 0. The topological polar surface area (TPSA) is 25.8 Å². The lowest BCUT2D eigenvalue weighted by molar-refractivity contribution is 0.587. The molecule has 0 atom stereocenters. The fourth-order valence-corrected chi connectivity index (χ4v) is 1.35. The molecule has 0 radical (unpaired) electrons. The van der Waals surface area contributed by atoms with E-state index in [4.69, 9.17) is 11.6 Å². The van der Waals surface area contributed by atoms with E-state index in [0.29, 0.717) is 16.3 Å². The molecular formula is C10H6ClFN2. The standard InChI is InChI=1S/C10H6ClFN2/c11-9-6-7(3-5-13-9)8-2-1-4-14-10(8)12/h1-6H. The third kappa shape index (κ3) is 1.72. The van der Waals surface area contributed by atoms with Crippen molar-refractivity contribution in [2.24, 2.45) is 0 Å². The summed E-state index contributed by atoms with van der Waals surface area (Å²) in [5.74, 6) is -0.505. The SMILES string of the molecule is Fc1ncccc1-c1ccnc(Cl)c1. The van der Waals surface area contributed by atoms with Gasteiger partial charge in [-0.2, -0.15) is 4.39 Å². The number of aromatic nitrogens is 2. The van der Waals surface area contributed by atoms with Crippen LogP contribution in [0.2, 0.25) is 5.15 Å². The molecule has 0 aromatic carbocycles. The molecule has 0 unspecified atom stereocenters. The molecule has 70 valence electrons. The smallest absolute Gasteiger partial charge is 0.220 e. The van der Waals surface area contributed by atoms with Crippen LogP contribution in [-0.2, 0) is 0 Å². The van der Waals surface area contributed by atoms with Crippen molar-refractivity contribution in [3.05, 3.63) is 47.8 Å². The predicted octanol–water partition coefficient (Wildman–Crippen LogP) is 2.94. The van der Waals surface area contributed by atoms with Crippen LogP contribution in [-0.4, -0.2) is 9.97 Å². The van der Waals surface area contributed by atoms with Gasteiger partial charge in [-0.3, -0.25) is 0 Å². The molecule has 2 aromatic rings. The highest BCUT2D eigenvalue weighted by Gasteiger charge is 2.05. The van der Waals surface area contributed by atoms with Crippen molar-refractivity contribution >= 4 is 11.6 Å². The van der Waals surface area contributed by atoms with Crippen molar-refractivity contribution in [2.45, 2.75) is 0 Å². The summed E-state index contributed by atoms with van der Waals surface area (Å²) in [7, 11) is 0. The molecule has 2 nitrogen and oxygen atoms in total. The largest absolute Gasteiger partial charge is 0.245 e. The van der Waals surface area contributed by atoms with Crippen LogP contribution in [0.3, 0.4) is 0 Å². The van der Waals surface area contributed by atoms with Gasteiger partial charge >= 0.3 is 0 Å². The zero-order valence-corrected chi connectivity index (χ0v) is 7.87. The molecule has 2 rings (SSSR count). The Morgan fingerprint density at radius 3 is 2.71 bits per heavy atom. The molecule has 0 saturated heterocycles. The molecule has 0 spiro atoms. The predicted molar refractivity (Wildman–Crippen MR) is 52.4 cm³/mol. The average molecular weight is 209 g/mol. The first kappa shape index (κ1) is 9.09. The van der Waals surface area contributed by atoms with Crippen LogP contribution < -0.4 is 0 Å². The van der Waals surface area contributed by atoms with E-state index in [9.17, 15) is 4.39 Å². The summed E-state index contributed by atoms with van der Waals surface area (Å²) in [6, 6.07) is 6.61. The molecule has 14 heavy (non-hydrogen) atoms. The normalized spacial score (nSPS) is 10.1. The minimum atomic E-state index is -0.505. The van der Waals surface area contributed by atoms with Gasteiger partial charge in [0, 0.05) is 18.0 Å². The third-order valence-corrected chi connectivity index (χ3v) is 2.00. The van der Waals surface area contributed by atoms with Crippen LogP contribution >= 0.6 is 11.6 Å². The van der Waals surface area contributed by atoms with E-state index in [2.05, 4.69) is 9.97 Å². The summed E-state index contributed by atoms with van der Waals surface area (Å²) < 4.78 is 13.2. The second-order valence-corrected chi connectivity index (χ2v) is 3.10. The molecule has 0 aliphatic heterocycles. The van der Waals surface area contributed by atoms with Crippen LogP contribution in [0.15, 0.2) is 36.7 Å². The summed E-state index contributed by atoms with van der Waals surface area (Å²) >= 11 is 5.69. The van der Waals surface area contributed by atoms with Crippen LogP contribution in [0.1, 0.15) is 0 Å². The molecule has 2 aromatic heterocycles. The van der Waals surface area contributed by atoms with Crippen molar-refractivity contribution in [2.75, 3.05) is 0 Å². The van der Waals surface area contributed by atoms with E-state index in [1.807, 2.05) is 0 Å². The highest BCUT2D eigenvalue weighted by Crippen LogP contribution is 2.22. The minimum Gasteiger partial charge on any atom is -0.245 e. The van der Waals surface area contributed by atoms with E-state index in [1.165, 1.54) is 12.4 Å². The lowest BCUT2D eigenvalue weighted by Gasteiger charge is -2.01. The van der Waals surface area contributed by atoms with E-state index in [0.717, 1.165) is 0 Å². The quantitative estimate of drug-likeness (QED) is 0.674. The Morgan fingerprint density at radius 2 is 2.00 bits per heavy atom. The molecule has 0 bridgehead atoms. The number of pyridine rings is 2. The lowest BCUT2D eigenvalue weighted by Crippen LogP contribution is -1.87. The van der Waals surface area contributed by atoms with Gasteiger partial charge in [-0.25, -0.2) is 9.97 Å². The minimum absolute atomic E-state index is 0.339. The second-order valence-electron chi connectivity index (χ2n) is 2.71. The van der Waals surface area contributed by atoms with Crippen LogP contribution in [0.4, 0.5) is 4.39 Å². The van der Waals surface area contributed by atoms with Gasteiger partial charge in [0.1, 0.15) is 5.15 Å². The maximum Gasteiger partial charge on any atom is 0.220 e. The molecule has 0 N–H and O–H groups in total. The summed E-state index contributed by atoms with van der Waals surface area (Å²) in [4.78, 5) is 7.37. The van der Waals surface area contributed by atoms with E-state index in [1.54, 1.807) is 24.3 Å². The van der Waals surface area contributed by atoms with Gasteiger partial charge in [0.15, 0.2) is 0 Å². The number of nitrogens with zero attached hydrogens (tertiary/aromatic N) is 2. The van der Waals surface area contributed by atoms with Gasteiger partial charge < -0.3 is 0 Å². The van der Waals surface area contributed by atoms with Crippen LogP contribution in [0.5, 0.6) is 0 Å². The zero-order chi connectivity index (χ0) is 9.97. The summed E-state index contributed by atoms with van der Waals surface area (Å²) in [6.45, 7) is 0. The maximum absolute atomic E-state index is 13.2. The van der Waals surface area contributed by atoms with Crippen molar-refractivity contribution < 1.29 is 4.39 Å². The number of halogens is 2. The molecule has 0 aliphatic rings. The Labute approximate surface area is 85.4 Å². The molecule has 0 fully saturated rings. The summed E-state index contributed by atoms with van der Waals surface area (Å²) in [5.41, 5.74) is 1.10. The van der Waals surface area contributed by atoms with Gasteiger partial charge in [-0.05, 0) is 29.8 Å². The number of rotatable bonds is 1. The van der Waals surface area contributed by atoms with Gasteiger partial charge in [-0.15, -0.1) is 0 Å². The fourth-order valence-electron chi connectivity index (χ4n) is 1.17. The first-order valence-corrected chi connectivity index (χ1v) is 4.37. The van der Waals surface area contributed by atoms with Gasteiger partial charge in [-0.1, -0.05) is 11.6 Å². The third-order valence-electron chi connectivity index (χ3n) is 1.80. The summed E-state index contributed by atoms with van der Waals surface area (Å²) in [5, 5.41) is 0.339. The Morgan fingerprint density at radius 1 is 1.14 bits per heavy atom. The van der Waals surface area contributed by atoms with Crippen LogP contribution in [0.25, 0.3) is 11.1 Å². The Bertz CT molecular complexity index is 459. The van der Waals surface area contributed by atoms with E-state index < -0.39 is 5.95 Å². The Hall–Kier alpha value is -1.48. The second kappa shape index (κ2) is 3.72. The monoisotopic (exact) mass is 208 g/mol. The molecule has 0 saturated carbocycles. The van der Waals surface area contributed by atoms with Crippen molar-refractivity contribution in [3.63, 3.8) is 0 Å². The first-order chi connectivity index (χ1) is 6.77. The van der Waals surface area contributed by atoms with Crippen LogP contribution in [0, 0.1) is 5.95 Å². The van der Waals surface area contributed by atoms with Crippen molar-refractivity contribution in [1.82, 2.24) is 9.97 Å². The van der Waals surface area contributed by atoms with E-state index >= 15 is 0 Å². The highest BCUT2D eigenvalue weighted by atomic mass is 35.5. The lowest BCUT2D eigenvalue weighted by atomic mass is 10.1. The van der Waals surface area contributed by atoms with E-state index in [-0.39, 0.29) is 0 Å². The number of hydrogen-bond acceptors (Lipinski definition) is 2. The highest BCUT2D eigenvalue weighted by molar-refractivity contribution is 6.29. The zero-order valence-electron chi connectivity index (χ0n) is 7.11. The number of hydrogen-bond donors (Lipinski definition) is 0. The Balaban J connectivity index is 2.55. The molecule has 4 heteroatoms. The summed E-state index contributed by atoms with van der Waals surface area (Å²) in [6.07, 6.45) is 2.94. The van der Waals surface area contributed by atoms with Crippen molar-refractivity contribution in [1.29, 1.82) is 0 Å². The molecular weight excluding hydrogens is 203 g/mol. The van der Waals surface area contributed by atoms with Gasteiger partial charge in [0.2, 0.25) is 5.95 Å². The molecule has 0 aliphatic carbocycles. The molecule has 2 heterocycles. The maximum atomic E-state index is 13.2. The van der Waals surface area contributed by atoms with Crippen molar-refractivity contribution in [3.8, 4) is 11.1 Å².